The Morgan fingerprint density at radius 2 is 2.54 bits per heavy atom. The van der Waals surface area contributed by atoms with E-state index in [-0.39, 0.29) is 0 Å². The number of aromatic nitrogens is 1. The molecule has 1 N–H and O–H groups in total. The van der Waals surface area contributed by atoms with Gasteiger partial charge in [0, 0.05) is 17.1 Å². The molecule has 72 valence electrons. The second-order valence-corrected chi connectivity index (χ2v) is 4.92. The number of hydrogen-bond donors (Lipinski definition) is 1. The summed E-state index contributed by atoms with van der Waals surface area (Å²) in [5, 5.41) is 3.55. The maximum absolute atomic E-state index is 4.08. The summed E-state index contributed by atoms with van der Waals surface area (Å²) in [7, 11) is 0. The van der Waals surface area contributed by atoms with E-state index < -0.39 is 0 Å². The average molecular weight is 196 g/mol. The molecule has 3 unspecified atom stereocenters. The van der Waals surface area contributed by atoms with E-state index in [1.165, 1.54) is 17.8 Å². The van der Waals surface area contributed by atoms with Crippen molar-refractivity contribution in [1.82, 2.24) is 10.3 Å². The topological polar surface area (TPSA) is 24.9 Å². The van der Waals surface area contributed by atoms with Crippen molar-refractivity contribution in [1.29, 1.82) is 0 Å². The van der Waals surface area contributed by atoms with Crippen molar-refractivity contribution in [2.24, 2.45) is 11.8 Å². The highest BCUT2D eigenvalue weighted by Crippen LogP contribution is 2.37. The van der Waals surface area contributed by atoms with Gasteiger partial charge in [0.2, 0.25) is 0 Å². The third-order valence-electron chi connectivity index (χ3n) is 2.84. The predicted molar refractivity (Wildman–Crippen MR) is 55.8 cm³/mol. The molecule has 1 aliphatic rings. The van der Waals surface area contributed by atoms with Crippen LogP contribution in [0.1, 0.15) is 31.2 Å². The maximum atomic E-state index is 4.08. The van der Waals surface area contributed by atoms with Gasteiger partial charge in [-0.15, -0.1) is 11.3 Å². The molecule has 2 nitrogen and oxygen atoms in total. The van der Waals surface area contributed by atoms with Crippen molar-refractivity contribution in [2.45, 2.75) is 26.3 Å². The van der Waals surface area contributed by atoms with E-state index in [1.54, 1.807) is 11.3 Å². The fourth-order valence-corrected chi connectivity index (χ4v) is 2.20. The molecule has 0 saturated heterocycles. The first-order valence-electron chi connectivity index (χ1n) is 4.89. The summed E-state index contributed by atoms with van der Waals surface area (Å²) in [5.41, 5.74) is 1.90. The number of nitrogens with one attached hydrogen (secondary N) is 1. The Bertz CT molecular complexity index is 258. The van der Waals surface area contributed by atoms with Crippen LogP contribution >= 0.6 is 11.3 Å². The van der Waals surface area contributed by atoms with Crippen LogP contribution < -0.4 is 5.32 Å². The Morgan fingerprint density at radius 1 is 1.77 bits per heavy atom. The molecule has 0 spiro atoms. The minimum atomic E-state index is 0.472. The van der Waals surface area contributed by atoms with Gasteiger partial charge in [0.25, 0.3) is 0 Å². The SMILES string of the molecule is CC(NCC1CC1C)c1cncs1. The zero-order valence-electron chi connectivity index (χ0n) is 8.16. The van der Waals surface area contributed by atoms with Gasteiger partial charge in [-0.1, -0.05) is 6.92 Å². The number of rotatable bonds is 4. The molecular weight excluding hydrogens is 180 g/mol. The van der Waals surface area contributed by atoms with Gasteiger partial charge in [0.15, 0.2) is 0 Å². The predicted octanol–water partition coefficient (Wildman–Crippen LogP) is 2.45. The van der Waals surface area contributed by atoms with Crippen LogP contribution in [0.4, 0.5) is 0 Å². The van der Waals surface area contributed by atoms with Gasteiger partial charge in [-0.3, -0.25) is 4.98 Å². The minimum Gasteiger partial charge on any atom is -0.309 e. The van der Waals surface area contributed by atoms with E-state index in [1.807, 2.05) is 11.7 Å². The summed E-state index contributed by atoms with van der Waals surface area (Å²) >= 11 is 1.73. The van der Waals surface area contributed by atoms with Gasteiger partial charge in [-0.2, -0.15) is 0 Å². The van der Waals surface area contributed by atoms with Crippen LogP contribution in [0.2, 0.25) is 0 Å². The van der Waals surface area contributed by atoms with Crippen LogP contribution in [0.25, 0.3) is 0 Å². The molecule has 0 aromatic carbocycles. The first kappa shape index (κ1) is 9.16. The maximum Gasteiger partial charge on any atom is 0.0794 e. The summed E-state index contributed by atoms with van der Waals surface area (Å²) in [6, 6.07) is 0.472. The number of hydrogen-bond acceptors (Lipinski definition) is 3. The van der Waals surface area contributed by atoms with Crippen LogP contribution in [0, 0.1) is 11.8 Å². The summed E-state index contributed by atoms with van der Waals surface area (Å²) in [6.45, 7) is 5.70. The molecule has 3 atom stereocenters. The fraction of sp³-hybridized carbons (Fsp3) is 0.700. The first-order chi connectivity index (χ1) is 6.27. The Balaban J connectivity index is 1.76. The molecule has 0 amide bonds. The standard InChI is InChI=1S/C10H16N2S/c1-7-3-9(7)4-12-8(2)10-5-11-6-13-10/h5-9,12H,3-4H2,1-2H3. The van der Waals surface area contributed by atoms with Crippen LogP contribution in [0.5, 0.6) is 0 Å². The molecule has 3 heteroatoms. The van der Waals surface area contributed by atoms with Crippen molar-refractivity contribution < 1.29 is 0 Å². The third-order valence-corrected chi connectivity index (χ3v) is 3.80. The van der Waals surface area contributed by atoms with E-state index >= 15 is 0 Å². The average Bonchev–Trinajstić information content (AvgIpc) is 2.67. The zero-order chi connectivity index (χ0) is 9.26. The number of thiazole rings is 1. The molecule has 0 bridgehead atoms. The molecule has 1 aromatic heterocycles. The molecule has 2 rings (SSSR count). The molecule has 1 heterocycles. The summed E-state index contributed by atoms with van der Waals surface area (Å²) < 4.78 is 0. The smallest absolute Gasteiger partial charge is 0.0794 e. The van der Waals surface area contributed by atoms with Crippen LogP contribution in [-0.2, 0) is 0 Å². The Hall–Kier alpha value is -0.410. The Morgan fingerprint density at radius 3 is 3.08 bits per heavy atom. The normalized spacial score (nSPS) is 28.8. The minimum absolute atomic E-state index is 0.472. The van der Waals surface area contributed by atoms with Gasteiger partial charge < -0.3 is 5.32 Å². The zero-order valence-corrected chi connectivity index (χ0v) is 8.97. The molecule has 13 heavy (non-hydrogen) atoms. The van der Waals surface area contributed by atoms with Crippen molar-refractivity contribution in [2.75, 3.05) is 6.54 Å². The van der Waals surface area contributed by atoms with Gasteiger partial charge in [0.1, 0.15) is 0 Å². The van der Waals surface area contributed by atoms with E-state index in [0.29, 0.717) is 6.04 Å². The van der Waals surface area contributed by atoms with Gasteiger partial charge >= 0.3 is 0 Å². The van der Waals surface area contributed by atoms with Crippen molar-refractivity contribution in [3.05, 3.63) is 16.6 Å². The second-order valence-electron chi connectivity index (χ2n) is 4.01. The van der Waals surface area contributed by atoms with Gasteiger partial charge in [-0.05, 0) is 31.7 Å². The lowest BCUT2D eigenvalue weighted by atomic mass is 10.2. The third kappa shape index (κ3) is 2.29. The number of nitrogens with zero attached hydrogens (tertiary/aromatic N) is 1. The van der Waals surface area contributed by atoms with Gasteiger partial charge in [-0.25, -0.2) is 0 Å². The highest BCUT2D eigenvalue weighted by atomic mass is 32.1. The van der Waals surface area contributed by atoms with E-state index in [9.17, 15) is 0 Å². The highest BCUT2D eigenvalue weighted by molar-refractivity contribution is 7.09. The lowest BCUT2D eigenvalue weighted by molar-refractivity contribution is 0.540. The fourth-order valence-electron chi connectivity index (χ4n) is 1.55. The van der Waals surface area contributed by atoms with Crippen molar-refractivity contribution in [3.8, 4) is 0 Å². The quantitative estimate of drug-likeness (QED) is 0.800. The molecule has 1 fully saturated rings. The Kier molecular flexibility index (Phi) is 2.65. The van der Waals surface area contributed by atoms with E-state index in [2.05, 4.69) is 24.1 Å². The highest BCUT2D eigenvalue weighted by Gasteiger charge is 2.32. The molecule has 1 saturated carbocycles. The second kappa shape index (κ2) is 3.76. The Labute approximate surface area is 83.4 Å². The van der Waals surface area contributed by atoms with Crippen LogP contribution in [0.3, 0.4) is 0 Å². The van der Waals surface area contributed by atoms with Gasteiger partial charge in [0.05, 0.1) is 5.51 Å². The first-order valence-corrected chi connectivity index (χ1v) is 5.77. The van der Waals surface area contributed by atoms with E-state index in [4.69, 9.17) is 0 Å². The molecule has 0 radical (unpaired) electrons. The van der Waals surface area contributed by atoms with Crippen LogP contribution in [0.15, 0.2) is 11.7 Å². The monoisotopic (exact) mass is 196 g/mol. The van der Waals surface area contributed by atoms with Crippen LogP contribution in [-0.4, -0.2) is 11.5 Å². The summed E-state index contributed by atoms with van der Waals surface area (Å²) in [6.07, 6.45) is 3.36. The molecule has 0 aliphatic heterocycles. The van der Waals surface area contributed by atoms with Crippen molar-refractivity contribution in [3.63, 3.8) is 0 Å². The van der Waals surface area contributed by atoms with E-state index in [0.717, 1.165) is 11.8 Å². The van der Waals surface area contributed by atoms with Crippen molar-refractivity contribution >= 4 is 11.3 Å². The molecular formula is C10H16N2S. The summed E-state index contributed by atoms with van der Waals surface area (Å²) in [4.78, 5) is 5.42. The lowest BCUT2D eigenvalue weighted by Gasteiger charge is -2.10. The largest absolute Gasteiger partial charge is 0.309 e. The molecule has 1 aromatic rings. The molecule has 1 aliphatic carbocycles. The lowest BCUT2D eigenvalue weighted by Crippen LogP contribution is -2.20. The summed E-state index contributed by atoms with van der Waals surface area (Å²) in [5.74, 6) is 1.87.